The third-order valence-electron chi connectivity index (χ3n) is 3.54. The topological polar surface area (TPSA) is 6.48 Å². The average molecular weight is 246 g/mol. The molecule has 1 aliphatic rings. The predicted molar refractivity (Wildman–Crippen MR) is 80.8 cm³/mol. The van der Waals surface area contributed by atoms with Gasteiger partial charge in [0.05, 0.1) is 0 Å². The number of hydrogen-bond acceptors (Lipinski definition) is 2. The molecule has 0 unspecified atom stereocenters. The first-order valence-corrected chi connectivity index (χ1v) is 6.71. The Labute approximate surface area is 112 Å². The average Bonchev–Trinajstić information content (AvgIpc) is 2.43. The highest BCUT2D eigenvalue weighted by atomic mass is 15.3. The number of rotatable bonds is 8. The van der Waals surface area contributed by atoms with E-state index in [2.05, 4.69) is 36.1 Å². The van der Waals surface area contributed by atoms with E-state index in [1.54, 1.807) is 0 Å². The number of allylic oxidation sites excluding steroid dienone is 2. The van der Waals surface area contributed by atoms with Gasteiger partial charge in [0, 0.05) is 39.3 Å². The second-order valence-corrected chi connectivity index (χ2v) is 4.91. The van der Waals surface area contributed by atoms with Crippen LogP contribution in [0.1, 0.15) is 12.8 Å². The summed E-state index contributed by atoms with van der Waals surface area (Å²) >= 11 is 0. The second-order valence-electron chi connectivity index (χ2n) is 4.91. The first kappa shape index (κ1) is 14.9. The molecule has 0 spiro atoms. The van der Waals surface area contributed by atoms with E-state index in [1.807, 2.05) is 12.2 Å². The Morgan fingerprint density at radius 1 is 0.778 bits per heavy atom. The van der Waals surface area contributed by atoms with Crippen LogP contribution in [0.2, 0.25) is 0 Å². The summed E-state index contributed by atoms with van der Waals surface area (Å²) in [6, 6.07) is 0. The van der Waals surface area contributed by atoms with Crippen molar-refractivity contribution >= 4 is 0 Å². The lowest BCUT2D eigenvalue weighted by atomic mass is 10.2. The fraction of sp³-hybridized carbons (Fsp3) is 0.500. The Morgan fingerprint density at radius 2 is 1.11 bits per heavy atom. The van der Waals surface area contributed by atoms with E-state index in [9.17, 15) is 0 Å². The minimum absolute atomic E-state index is 1.04. The molecule has 0 aromatic carbocycles. The Morgan fingerprint density at radius 3 is 1.39 bits per heavy atom. The summed E-state index contributed by atoms with van der Waals surface area (Å²) in [4.78, 5) is 5.01. The summed E-state index contributed by atoms with van der Waals surface area (Å²) in [6.45, 7) is 22.2. The molecule has 0 radical (unpaired) electrons. The first-order chi connectivity index (χ1) is 8.65. The standard InChI is InChI=1S/C16H26N2/c1-5-15(3)7-9-17-11-13-18(14-12-17)10-8-16(4)6-2/h5-6H,1-4,7-14H2. The van der Waals surface area contributed by atoms with Crippen molar-refractivity contribution < 1.29 is 0 Å². The Bertz CT molecular complexity index is 277. The van der Waals surface area contributed by atoms with Gasteiger partial charge in [-0.25, -0.2) is 0 Å². The summed E-state index contributed by atoms with van der Waals surface area (Å²) < 4.78 is 0. The maximum atomic E-state index is 3.96. The van der Waals surface area contributed by atoms with Crippen molar-refractivity contribution in [2.75, 3.05) is 39.3 Å². The largest absolute Gasteiger partial charge is 0.300 e. The summed E-state index contributed by atoms with van der Waals surface area (Å²) in [5, 5.41) is 0. The molecule has 1 aliphatic heterocycles. The molecule has 0 atom stereocenters. The summed E-state index contributed by atoms with van der Waals surface area (Å²) in [6.07, 6.45) is 5.79. The van der Waals surface area contributed by atoms with Gasteiger partial charge in [0.15, 0.2) is 0 Å². The van der Waals surface area contributed by atoms with Crippen molar-refractivity contribution in [1.82, 2.24) is 9.80 Å². The van der Waals surface area contributed by atoms with Crippen LogP contribution in [-0.2, 0) is 0 Å². The minimum Gasteiger partial charge on any atom is -0.300 e. The molecule has 0 aromatic heterocycles. The zero-order chi connectivity index (χ0) is 13.4. The van der Waals surface area contributed by atoms with E-state index < -0.39 is 0 Å². The molecule has 1 saturated heterocycles. The van der Waals surface area contributed by atoms with Crippen molar-refractivity contribution in [2.45, 2.75) is 12.8 Å². The van der Waals surface area contributed by atoms with Gasteiger partial charge in [-0.3, -0.25) is 0 Å². The van der Waals surface area contributed by atoms with Crippen molar-refractivity contribution in [1.29, 1.82) is 0 Å². The molecule has 0 saturated carbocycles. The van der Waals surface area contributed by atoms with Crippen LogP contribution in [0, 0.1) is 0 Å². The molecule has 1 rings (SSSR count). The quantitative estimate of drug-likeness (QED) is 0.608. The lowest BCUT2D eigenvalue weighted by Gasteiger charge is -2.34. The Kier molecular flexibility index (Phi) is 6.69. The lowest BCUT2D eigenvalue weighted by Crippen LogP contribution is -2.46. The number of nitrogens with zero attached hydrogens (tertiary/aromatic N) is 2. The highest BCUT2D eigenvalue weighted by Gasteiger charge is 2.15. The predicted octanol–water partition coefficient (Wildman–Crippen LogP) is 2.87. The molecule has 0 amide bonds. The van der Waals surface area contributed by atoms with Crippen LogP contribution in [0.4, 0.5) is 0 Å². The van der Waals surface area contributed by atoms with Gasteiger partial charge in [-0.15, -0.1) is 0 Å². The molecule has 1 fully saturated rings. The molecular weight excluding hydrogens is 220 g/mol. The minimum atomic E-state index is 1.04. The molecule has 0 bridgehead atoms. The van der Waals surface area contributed by atoms with Gasteiger partial charge in [0.1, 0.15) is 0 Å². The van der Waals surface area contributed by atoms with Crippen LogP contribution in [0.15, 0.2) is 49.6 Å². The van der Waals surface area contributed by atoms with Crippen LogP contribution in [0.25, 0.3) is 0 Å². The fourth-order valence-electron chi connectivity index (χ4n) is 2.04. The number of piperazine rings is 1. The highest BCUT2D eigenvalue weighted by molar-refractivity contribution is 5.11. The van der Waals surface area contributed by atoms with Gasteiger partial charge in [-0.1, -0.05) is 49.6 Å². The number of hydrogen-bond donors (Lipinski definition) is 0. The van der Waals surface area contributed by atoms with Crippen molar-refractivity contribution in [2.24, 2.45) is 0 Å². The lowest BCUT2D eigenvalue weighted by molar-refractivity contribution is 0.135. The maximum absolute atomic E-state index is 3.96. The molecule has 100 valence electrons. The van der Waals surface area contributed by atoms with Crippen LogP contribution < -0.4 is 0 Å². The molecule has 18 heavy (non-hydrogen) atoms. The van der Waals surface area contributed by atoms with Gasteiger partial charge < -0.3 is 9.80 Å². The zero-order valence-corrected chi connectivity index (χ0v) is 11.5. The molecule has 0 aromatic rings. The third-order valence-corrected chi connectivity index (χ3v) is 3.54. The van der Waals surface area contributed by atoms with Gasteiger partial charge in [0.25, 0.3) is 0 Å². The highest BCUT2D eigenvalue weighted by Crippen LogP contribution is 2.08. The van der Waals surface area contributed by atoms with Gasteiger partial charge in [0.2, 0.25) is 0 Å². The van der Waals surface area contributed by atoms with E-state index in [-0.39, 0.29) is 0 Å². The monoisotopic (exact) mass is 246 g/mol. The van der Waals surface area contributed by atoms with Crippen LogP contribution in [0.5, 0.6) is 0 Å². The molecule has 2 nitrogen and oxygen atoms in total. The van der Waals surface area contributed by atoms with Gasteiger partial charge >= 0.3 is 0 Å². The van der Waals surface area contributed by atoms with Crippen LogP contribution in [-0.4, -0.2) is 49.1 Å². The van der Waals surface area contributed by atoms with E-state index in [0.717, 1.165) is 63.3 Å². The first-order valence-electron chi connectivity index (χ1n) is 6.71. The SMILES string of the molecule is C=CC(=C)CCN1CCN(CCC(=C)C=C)CC1. The van der Waals surface area contributed by atoms with Gasteiger partial charge in [-0.2, -0.15) is 0 Å². The Hall–Kier alpha value is -1.12. The van der Waals surface area contributed by atoms with Gasteiger partial charge in [-0.05, 0) is 12.8 Å². The molecule has 2 heteroatoms. The normalized spacial score (nSPS) is 17.3. The van der Waals surface area contributed by atoms with E-state index in [1.165, 1.54) is 0 Å². The molecule has 1 heterocycles. The third kappa shape index (κ3) is 5.48. The summed E-state index contributed by atoms with van der Waals surface area (Å²) in [5.74, 6) is 0. The van der Waals surface area contributed by atoms with Crippen molar-refractivity contribution in [3.05, 3.63) is 49.6 Å². The maximum Gasteiger partial charge on any atom is 0.0110 e. The Balaban J connectivity index is 2.16. The molecule has 0 aliphatic carbocycles. The van der Waals surface area contributed by atoms with E-state index >= 15 is 0 Å². The fourth-order valence-corrected chi connectivity index (χ4v) is 2.04. The van der Waals surface area contributed by atoms with Crippen molar-refractivity contribution in [3.8, 4) is 0 Å². The summed E-state index contributed by atoms with van der Waals surface area (Å²) in [7, 11) is 0. The second kappa shape index (κ2) is 8.06. The smallest absolute Gasteiger partial charge is 0.0110 e. The van der Waals surface area contributed by atoms with E-state index in [4.69, 9.17) is 0 Å². The van der Waals surface area contributed by atoms with Crippen LogP contribution in [0.3, 0.4) is 0 Å². The zero-order valence-electron chi connectivity index (χ0n) is 11.5. The molecular formula is C16H26N2. The summed E-state index contributed by atoms with van der Waals surface area (Å²) in [5.41, 5.74) is 2.28. The van der Waals surface area contributed by atoms with Crippen LogP contribution >= 0.6 is 0 Å². The van der Waals surface area contributed by atoms with Crippen molar-refractivity contribution in [3.63, 3.8) is 0 Å². The molecule has 0 N–H and O–H groups in total. The van der Waals surface area contributed by atoms with E-state index in [0.29, 0.717) is 0 Å².